The topological polar surface area (TPSA) is 63.8 Å². The predicted octanol–water partition coefficient (Wildman–Crippen LogP) is 2.81. The molecule has 1 aromatic carbocycles. The third-order valence-electron chi connectivity index (χ3n) is 3.44. The summed E-state index contributed by atoms with van der Waals surface area (Å²) < 4.78 is 40.4. The zero-order valence-electron chi connectivity index (χ0n) is 12.4. The number of rotatable bonds is 4. The number of H-pyrrole nitrogens is 1. The first-order valence-electron chi connectivity index (χ1n) is 6.97. The summed E-state index contributed by atoms with van der Waals surface area (Å²) in [5.41, 5.74) is 5.02. The molecule has 2 rings (SSSR count). The number of alkyl halides is 3. The van der Waals surface area contributed by atoms with Gasteiger partial charge < -0.3 is 5.73 Å². The minimum absolute atomic E-state index is 0.0199. The van der Waals surface area contributed by atoms with E-state index in [9.17, 15) is 18.0 Å². The second kappa shape index (κ2) is 6.00. The number of nitrogens with zero attached hydrogens (tertiary/aromatic N) is 1. The summed E-state index contributed by atoms with van der Waals surface area (Å²) >= 11 is 0. The van der Waals surface area contributed by atoms with Gasteiger partial charge in [-0.15, -0.1) is 0 Å². The highest BCUT2D eigenvalue weighted by atomic mass is 19.4. The molecule has 120 valence electrons. The van der Waals surface area contributed by atoms with Crippen molar-refractivity contribution in [2.24, 2.45) is 5.73 Å². The summed E-state index contributed by atoms with van der Waals surface area (Å²) in [6.07, 6.45) is -4.21. The summed E-state index contributed by atoms with van der Waals surface area (Å²) in [5.74, 6) is -0.0199. The van der Waals surface area contributed by atoms with Gasteiger partial charge >= 0.3 is 6.18 Å². The lowest BCUT2D eigenvalue weighted by Crippen LogP contribution is -2.22. The molecule has 0 spiro atoms. The molecule has 0 fully saturated rings. The number of hydrogen-bond donors (Lipinski definition) is 2. The molecular weight excluding hydrogens is 295 g/mol. The van der Waals surface area contributed by atoms with Crippen LogP contribution in [0.25, 0.3) is 5.69 Å². The van der Waals surface area contributed by atoms with Gasteiger partial charge in [0.05, 0.1) is 11.3 Å². The lowest BCUT2D eigenvalue weighted by Gasteiger charge is -2.12. The van der Waals surface area contributed by atoms with E-state index in [2.05, 4.69) is 5.10 Å². The Bertz CT molecular complexity index is 714. The molecule has 4 nitrogen and oxygen atoms in total. The van der Waals surface area contributed by atoms with Gasteiger partial charge in [-0.3, -0.25) is 9.89 Å². The van der Waals surface area contributed by atoms with Crippen LogP contribution in [0.4, 0.5) is 13.2 Å². The summed E-state index contributed by atoms with van der Waals surface area (Å²) in [7, 11) is 0. The molecule has 0 aliphatic carbocycles. The minimum Gasteiger partial charge on any atom is -0.330 e. The van der Waals surface area contributed by atoms with Crippen LogP contribution in [-0.2, 0) is 12.6 Å². The van der Waals surface area contributed by atoms with Gasteiger partial charge in [0.15, 0.2) is 0 Å². The molecule has 1 heterocycles. The van der Waals surface area contributed by atoms with E-state index in [0.717, 1.165) is 10.7 Å². The maximum atomic E-state index is 13.1. The van der Waals surface area contributed by atoms with Crippen LogP contribution >= 0.6 is 0 Å². The molecule has 1 aromatic heterocycles. The minimum atomic E-state index is -4.53. The first kappa shape index (κ1) is 16.4. The maximum Gasteiger partial charge on any atom is 0.418 e. The average molecular weight is 313 g/mol. The van der Waals surface area contributed by atoms with E-state index in [0.29, 0.717) is 17.7 Å². The normalized spacial score (nSPS) is 12.1. The highest BCUT2D eigenvalue weighted by Gasteiger charge is 2.34. The molecule has 3 N–H and O–H groups in total. The van der Waals surface area contributed by atoms with Crippen molar-refractivity contribution >= 4 is 0 Å². The fourth-order valence-electron chi connectivity index (χ4n) is 2.43. The fraction of sp³-hybridized carbons (Fsp3) is 0.400. The van der Waals surface area contributed by atoms with Crippen LogP contribution < -0.4 is 11.3 Å². The Morgan fingerprint density at radius 1 is 1.27 bits per heavy atom. The first-order valence-corrected chi connectivity index (χ1v) is 6.97. The van der Waals surface area contributed by atoms with E-state index in [-0.39, 0.29) is 18.2 Å². The number of aromatic nitrogens is 2. The number of hydrogen-bond acceptors (Lipinski definition) is 2. The van der Waals surface area contributed by atoms with E-state index in [4.69, 9.17) is 5.73 Å². The number of para-hydroxylation sites is 1. The lowest BCUT2D eigenvalue weighted by atomic mass is 10.0. The van der Waals surface area contributed by atoms with Crippen LogP contribution in [0, 0.1) is 0 Å². The molecule has 0 unspecified atom stereocenters. The van der Waals surface area contributed by atoms with Crippen molar-refractivity contribution in [2.75, 3.05) is 6.54 Å². The maximum absolute atomic E-state index is 13.1. The second-order valence-electron chi connectivity index (χ2n) is 5.35. The SMILES string of the molecule is CC(C)c1[nH]n(-c2ccccc2C(F)(F)F)c(=O)c1CCN. The molecule has 2 aromatic rings. The van der Waals surface area contributed by atoms with Crippen molar-refractivity contribution in [3.8, 4) is 5.69 Å². The molecule has 0 aliphatic rings. The Kier molecular flexibility index (Phi) is 4.46. The van der Waals surface area contributed by atoms with Crippen molar-refractivity contribution in [2.45, 2.75) is 32.4 Å². The van der Waals surface area contributed by atoms with Gasteiger partial charge in [-0.1, -0.05) is 26.0 Å². The molecule has 22 heavy (non-hydrogen) atoms. The fourth-order valence-corrected chi connectivity index (χ4v) is 2.43. The second-order valence-corrected chi connectivity index (χ2v) is 5.35. The van der Waals surface area contributed by atoms with Gasteiger partial charge in [-0.25, -0.2) is 4.68 Å². The highest BCUT2D eigenvalue weighted by molar-refractivity contribution is 5.43. The van der Waals surface area contributed by atoms with Gasteiger partial charge in [0.2, 0.25) is 0 Å². The summed E-state index contributed by atoms with van der Waals surface area (Å²) in [4.78, 5) is 12.5. The standard InChI is InChI=1S/C15H18F3N3O/c1-9(2)13-10(7-8-19)14(22)21(20-13)12-6-4-3-5-11(12)15(16,17)18/h3-6,9,20H,7-8,19H2,1-2H3. The Hall–Kier alpha value is -2.02. The van der Waals surface area contributed by atoms with Crippen molar-refractivity contribution < 1.29 is 13.2 Å². The molecular formula is C15H18F3N3O. The van der Waals surface area contributed by atoms with Crippen molar-refractivity contribution in [3.05, 3.63) is 51.4 Å². The van der Waals surface area contributed by atoms with Crippen LogP contribution in [0.5, 0.6) is 0 Å². The van der Waals surface area contributed by atoms with Crippen molar-refractivity contribution in [1.82, 2.24) is 9.78 Å². The first-order chi connectivity index (χ1) is 10.3. The van der Waals surface area contributed by atoms with Crippen LogP contribution in [0.1, 0.15) is 36.6 Å². The van der Waals surface area contributed by atoms with E-state index >= 15 is 0 Å². The van der Waals surface area contributed by atoms with E-state index in [1.165, 1.54) is 18.2 Å². The molecule has 0 radical (unpaired) electrons. The molecule has 7 heteroatoms. The number of nitrogens with one attached hydrogen (secondary N) is 1. The zero-order chi connectivity index (χ0) is 16.5. The van der Waals surface area contributed by atoms with Crippen LogP contribution in [0.15, 0.2) is 29.1 Å². The van der Waals surface area contributed by atoms with Crippen LogP contribution in [-0.4, -0.2) is 16.3 Å². The summed E-state index contributed by atoms with van der Waals surface area (Å²) in [5, 5.41) is 2.81. The van der Waals surface area contributed by atoms with E-state index in [1.54, 1.807) is 0 Å². The average Bonchev–Trinajstić information content (AvgIpc) is 2.76. The molecule has 0 bridgehead atoms. The van der Waals surface area contributed by atoms with E-state index in [1.807, 2.05) is 13.8 Å². The molecule has 0 atom stereocenters. The Labute approximate surface area is 125 Å². The monoisotopic (exact) mass is 313 g/mol. The molecule has 0 amide bonds. The summed E-state index contributed by atoms with van der Waals surface area (Å²) in [6, 6.07) is 5.00. The number of halogens is 3. The molecule has 0 aliphatic heterocycles. The Morgan fingerprint density at radius 2 is 1.91 bits per heavy atom. The largest absolute Gasteiger partial charge is 0.418 e. The lowest BCUT2D eigenvalue weighted by molar-refractivity contribution is -0.137. The molecule has 0 saturated heterocycles. The van der Waals surface area contributed by atoms with Gasteiger partial charge in [0.25, 0.3) is 5.56 Å². The smallest absolute Gasteiger partial charge is 0.330 e. The third kappa shape index (κ3) is 2.94. The van der Waals surface area contributed by atoms with E-state index < -0.39 is 17.3 Å². The zero-order valence-corrected chi connectivity index (χ0v) is 12.4. The number of benzene rings is 1. The quantitative estimate of drug-likeness (QED) is 0.911. The van der Waals surface area contributed by atoms with Crippen LogP contribution in [0.2, 0.25) is 0 Å². The summed E-state index contributed by atoms with van der Waals surface area (Å²) in [6.45, 7) is 3.99. The predicted molar refractivity (Wildman–Crippen MR) is 78.2 cm³/mol. The van der Waals surface area contributed by atoms with Gasteiger partial charge in [0.1, 0.15) is 0 Å². The number of nitrogens with two attached hydrogens (primary N) is 1. The van der Waals surface area contributed by atoms with Gasteiger partial charge in [-0.05, 0) is 31.0 Å². The highest BCUT2D eigenvalue weighted by Crippen LogP contribution is 2.33. The van der Waals surface area contributed by atoms with Crippen molar-refractivity contribution in [3.63, 3.8) is 0 Å². The van der Waals surface area contributed by atoms with Crippen LogP contribution in [0.3, 0.4) is 0 Å². The Balaban J connectivity index is 2.70. The molecule has 0 saturated carbocycles. The Morgan fingerprint density at radius 3 is 2.45 bits per heavy atom. The van der Waals surface area contributed by atoms with Gasteiger partial charge in [0, 0.05) is 11.3 Å². The third-order valence-corrected chi connectivity index (χ3v) is 3.44. The number of aromatic amines is 1. The van der Waals surface area contributed by atoms with Crippen molar-refractivity contribution in [1.29, 1.82) is 0 Å². The van der Waals surface area contributed by atoms with Gasteiger partial charge in [-0.2, -0.15) is 13.2 Å².